The maximum absolute atomic E-state index is 10.9. The van der Waals surface area contributed by atoms with Gasteiger partial charge in [0.1, 0.15) is 5.75 Å². The predicted octanol–water partition coefficient (Wildman–Crippen LogP) is 1.10. The Morgan fingerprint density at radius 1 is 1.32 bits per heavy atom. The van der Waals surface area contributed by atoms with Gasteiger partial charge in [-0.3, -0.25) is 0 Å². The summed E-state index contributed by atoms with van der Waals surface area (Å²) in [7, 11) is 1.32. The van der Waals surface area contributed by atoms with Crippen molar-refractivity contribution in [1.82, 2.24) is 5.32 Å². The van der Waals surface area contributed by atoms with E-state index in [4.69, 9.17) is 9.84 Å². The number of rotatable bonds is 7. The van der Waals surface area contributed by atoms with E-state index in [2.05, 4.69) is 10.1 Å². The fourth-order valence-electron chi connectivity index (χ4n) is 1.30. The molecule has 0 unspecified atom stereocenters. The van der Waals surface area contributed by atoms with Gasteiger partial charge in [-0.15, -0.1) is 0 Å². The number of methoxy groups -OCH3 is 1. The number of hydrogen-bond donors (Lipinski definition) is 2. The Labute approximate surface area is 113 Å². The van der Waals surface area contributed by atoms with E-state index >= 15 is 0 Å². The zero-order valence-corrected chi connectivity index (χ0v) is 11.6. The van der Waals surface area contributed by atoms with Gasteiger partial charge in [-0.2, -0.15) is 0 Å². The van der Waals surface area contributed by atoms with E-state index in [0.29, 0.717) is 12.3 Å². The molecular weight excluding hydrogens is 246 g/mol. The standard InChI is InChI=1S/C14H21NO4/c1-14(2,10-16)15-8-11-4-6-12(7-5-11)19-9-13(17)18-3/h4-7,15-16H,8-10H2,1-3H3. The Balaban J connectivity index is 2.45. The monoisotopic (exact) mass is 267 g/mol. The molecule has 0 saturated carbocycles. The zero-order chi connectivity index (χ0) is 14.3. The lowest BCUT2D eigenvalue weighted by molar-refractivity contribution is -0.142. The number of hydrogen-bond acceptors (Lipinski definition) is 5. The summed E-state index contributed by atoms with van der Waals surface area (Å²) in [6.45, 7) is 4.51. The van der Waals surface area contributed by atoms with Gasteiger partial charge in [-0.05, 0) is 31.5 Å². The topological polar surface area (TPSA) is 67.8 Å². The first kappa shape index (κ1) is 15.5. The van der Waals surface area contributed by atoms with Crippen LogP contribution in [0.2, 0.25) is 0 Å². The van der Waals surface area contributed by atoms with Crippen LogP contribution in [0.1, 0.15) is 19.4 Å². The van der Waals surface area contributed by atoms with Crippen LogP contribution in [0.5, 0.6) is 5.75 Å². The molecule has 1 aromatic carbocycles. The Kier molecular flexibility index (Phi) is 5.79. The van der Waals surface area contributed by atoms with Crippen molar-refractivity contribution >= 4 is 5.97 Å². The lowest BCUT2D eigenvalue weighted by Crippen LogP contribution is -2.42. The molecule has 0 spiro atoms. The molecule has 106 valence electrons. The Morgan fingerprint density at radius 2 is 1.95 bits per heavy atom. The molecule has 0 heterocycles. The van der Waals surface area contributed by atoms with E-state index in [-0.39, 0.29) is 18.8 Å². The molecule has 0 aromatic heterocycles. The summed E-state index contributed by atoms with van der Waals surface area (Å²) in [5, 5.41) is 12.4. The first-order valence-corrected chi connectivity index (χ1v) is 6.11. The second-order valence-electron chi connectivity index (χ2n) is 4.90. The molecule has 0 bridgehead atoms. The highest BCUT2D eigenvalue weighted by molar-refractivity contribution is 5.70. The molecule has 0 aliphatic carbocycles. The lowest BCUT2D eigenvalue weighted by Gasteiger charge is -2.23. The number of carbonyl (C=O) groups excluding carboxylic acids is 1. The molecule has 19 heavy (non-hydrogen) atoms. The van der Waals surface area contributed by atoms with E-state index in [1.165, 1.54) is 7.11 Å². The summed E-state index contributed by atoms with van der Waals surface area (Å²) in [4.78, 5) is 10.9. The average molecular weight is 267 g/mol. The molecule has 0 atom stereocenters. The normalized spacial score (nSPS) is 11.2. The van der Waals surface area contributed by atoms with Crippen molar-refractivity contribution < 1.29 is 19.4 Å². The number of aliphatic hydroxyl groups excluding tert-OH is 1. The van der Waals surface area contributed by atoms with Gasteiger partial charge in [-0.1, -0.05) is 12.1 Å². The van der Waals surface area contributed by atoms with E-state index in [1.54, 1.807) is 12.1 Å². The van der Waals surface area contributed by atoms with Crippen molar-refractivity contribution in [3.63, 3.8) is 0 Å². The van der Waals surface area contributed by atoms with Gasteiger partial charge in [0.25, 0.3) is 0 Å². The number of ether oxygens (including phenoxy) is 2. The number of aliphatic hydroxyl groups is 1. The van der Waals surface area contributed by atoms with Crippen molar-refractivity contribution in [1.29, 1.82) is 0 Å². The zero-order valence-electron chi connectivity index (χ0n) is 11.6. The minimum absolute atomic E-state index is 0.0767. The quantitative estimate of drug-likeness (QED) is 0.724. The highest BCUT2D eigenvalue weighted by Gasteiger charge is 2.14. The predicted molar refractivity (Wildman–Crippen MR) is 72.0 cm³/mol. The number of benzene rings is 1. The van der Waals surface area contributed by atoms with E-state index in [1.807, 2.05) is 26.0 Å². The van der Waals surface area contributed by atoms with E-state index in [0.717, 1.165) is 5.56 Å². The van der Waals surface area contributed by atoms with Crippen molar-refractivity contribution in [3.8, 4) is 5.75 Å². The third-order valence-corrected chi connectivity index (χ3v) is 2.67. The van der Waals surface area contributed by atoms with Crippen LogP contribution in [0.4, 0.5) is 0 Å². The Morgan fingerprint density at radius 3 is 2.47 bits per heavy atom. The van der Waals surface area contributed by atoms with Crippen molar-refractivity contribution in [3.05, 3.63) is 29.8 Å². The SMILES string of the molecule is COC(=O)COc1ccc(CNC(C)(C)CO)cc1. The van der Waals surface area contributed by atoms with Crippen LogP contribution in [-0.2, 0) is 16.1 Å². The summed E-state index contributed by atoms with van der Waals surface area (Å²) in [6.07, 6.45) is 0. The minimum Gasteiger partial charge on any atom is -0.482 e. The first-order valence-electron chi connectivity index (χ1n) is 6.11. The number of esters is 1. The fourth-order valence-corrected chi connectivity index (χ4v) is 1.30. The molecule has 0 fully saturated rings. The number of nitrogens with one attached hydrogen (secondary N) is 1. The molecule has 0 radical (unpaired) electrons. The number of carbonyl (C=O) groups is 1. The van der Waals surface area contributed by atoms with E-state index in [9.17, 15) is 4.79 Å². The van der Waals surface area contributed by atoms with Crippen LogP contribution >= 0.6 is 0 Å². The molecule has 1 rings (SSSR count). The molecule has 0 aliphatic heterocycles. The highest BCUT2D eigenvalue weighted by Crippen LogP contribution is 2.13. The third kappa shape index (κ3) is 5.72. The lowest BCUT2D eigenvalue weighted by atomic mass is 10.1. The maximum atomic E-state index is 10.9. The first-order chi connectivity index (χ1) is 8.96. The maximum Gasteiger partial charge on any atom is 0.343 e. The van der Waals surface area contributed by atoms with Crippen LogP contribution in [0.3, 0.4) is 0 Å². The molecule has 1 aromatic rings. The molecule has 0 aliphatic rings. The smallest absolute Gasteiger partial charge is 0.343 e. The van der Waals surface area contributed by atoms with Crippen molar-refractivity contribution in [2.75, 3.05) is 20.3 Å². The highest BCUT2D eigenvalue weighted by atomic mass is 16.6. The van der Waals surface area contributed by atoms with Gasteiger partial charge in [0.2, 0.25) is 0 Å². The van der Waals surface area contributed by atoms with Gasteiger partial charge < -0.3 is 19.9 Å². The average Bonchev–Trinajstić information content (AvgIpc) is 2.43. The van der Waals surface area contributed by atoms with E-state index < -0.39 is 5.97 Å². The van der Waals surface area contributed by atoms with Gasteiger partial charge in [0, 0.05) is 12.1 Å². The Bertz CT molecular complexity index is 400. The Hall–Kier alpha value is -1.59. The second-order valence-corrected chi connectivity index (χ2v) is 4.90. The van der Waals surface area contributed by atoms with Crippen LogP contribution in [0.25, 0.3) is 0 Å². The van der Waals surface area contributed by atoms with Crippen LogP contribution in [0, 0.1) is 0 Å². The van der Waals surface area contributed by atoms with Crippen LogP contribution in [0.15, 0.2) is 24.3 Å². The van der Waals surface area contributed by atoms with Gasteiger partial charge in [-0.25, -0.2) is 4.79 Å². The summed E-state index contributed by atoms with van der Waals surface area (Å²) < 4.78 is 9.73. The summed E-state index contributed by atoms with van der Waals surface area (Å²) in [5.41, 5.74) is 0.770. The molecule has 0 saturated heterocycles. The van der Waals surface area contributed by atoms with Crippen molar-refractivity contribution in [2.45, 2.75) is 25.9 Å². The molecular formula is C14H21NO4. The van der Waals surface area contributed by atoms with Gasteiger partial charge >= 0.3 is 5.97 Å². The summed E-state index contributed by atoms with van der Waals surface area (Å²) in [5.74, 6) is 0.214. The molecule has 2 N–H and O–H groups in total. The molecule has 5 heteroatoms. The molecule has 5 nitrogen and oxygen atoms in total. The minimum atomic E-state index is -0.407. The summed E-state index contributed by atoms with van der Waals surface area (Å²) in [6, 6.07) is 7.41. The summed E-state index contributed by atoms with van der Waals surface area (Å²) >= 11 is 0. The largest absolute Gasteiger partial charge is 0.482 e. The molecule has 0 amide bonds. The third-order valence-electron chi connectivity index (χ3n) is 2.67. The van der Waals surface area contributed by atoms with Crippen LogP contribution < -0.4 is 10.1 Å². The second kappa shape index (κ2) is 7.11. The fraction of sp³-hybridized carbons (Fsp3) is 0.500. The van der Waals surface area contributed by atoms with Crippen LogP contribution in [-0.4, -0.2) is 36.9 Å². The van der Waals surface area contributed by atoms with Crippen molar-refractivity contribution in [2.24, 2.45) is 0 Å². The van der Waals surface area contributed by atoms with Gasteiger partial charge in [0.15, 0.2) is 6.61 Å². The van der Waals surface area contributed by atoms with Gasteiger partial charge in [0.05, 0.1) is 13.7 Å².